The normalized spacial score (nSPS) is 10.5. The minimum Gasteiger partial charge on any atom is -0.465 e. The van der Waals surface area contributed by atoms with Crippen molar-refractivity contribution in [3.63, 3.8) is 0 Å². The number of carbonyl (C=O) groups is 2. The molecule has 1 heterocycles. The quantitative estimate of drug-likeness (QED) is 0.677. The number of methoxy groups -OCH3 is 1. The van der Waals surface area contributed by atoms with Gasteiger partial charge in [0.1, 0.15) is 0 Å². The lowest BCUT2D eigenvalue weighted by atomic mass is 10.1. The van der Waals surface area contributed by atoms with E-state index in [1.54, 1.807) is 35.0 Å². The molecule has 0 aliphatic carbocycles. The van der Waals surface area contributed by atoms with Gasteiger partial charge in [0, 0.05) is 22.3 Å². The number of hydrogen-bond donors (Lipinski definition) is 1. The van der Waals surface area contributed by atoms with Crippen molar-refractivity contribution in [2.24, 2.45) is 0 Å². The molecule has 3 aromatic rings. The van der Waals surface area contributed by atoms with Crippen LogP contribution in [0.15, 0.2) is 54.6 Å². The summed E-state index contributed by atoms with van der Waals surface area (Å²) >= 11 is 5.91. The maximum absolute atomic E-state index is 12.4. The van der Waals surface area contributed by atoms with Crippen LogP contribution in [-0.2, 0) is 11.3 Å². The Morgan fingerprint density at radius 1 is 1.07 bits per heavy atom. The van der Waals surface area contributed by atoms with Crippen molar-refractivity contribution in [3.05, 3.63) is 82.0 Å². The zero-order chi connectivity index (χ0) is 19.4. The zero-order valence-corrected chi connectivity index (χ0v) is 15.7. The van der Waals surface area contributed by atoms with E-state index in [0.717, 1.165) is 11.3 Å². The van der Waals surface area contributed by atoms with Crippen molar-refractivity contribution in [1.29, 1.82) is 0 Å². The first-order chi connectivity index (χ1) is 13.0. The van der Waals surface area contributed by atoms with Gasteiger partial charge in [0.25, 0.3) is 5.91 Å². The summed E-state index contributed by atoms with van der Waals surface area (Å²) in [5.41, 5.74) is 2.79. The average molecular weight is 384 g/mol. The van der Waals surface area contributed by atoms with Crippen LogP contribution in [0.1, 0.15) is 32.0 Å². The number of rotatable bonds is 5. The van der Waals surface area contributed by atoms with E-state index in [2.05, 4.69) is 15.2 Å². The number of nitrogens with one attached hydrogen (secondary N) is 1. The SMILES string of the molecule is COC(=O)c1ccc(C(=O)Nc2cc(C)n(Cc3ccc(Cl)cc3)n2)cc1. The number of nitrogens with zero attached hydrogens (tertiary/aromatic N) is 2. The number of hydrogen-bond acceptors (Lipinski definition) is 4. The van der Waals surface area contributed by atoms with E-state index in [9.17, 15) is 9.59 Å². The summed E-state index contributed by atoms with van der Waals surface area (Å²) < 4.78 is 6.45. The van der Waals surface area contributed by atoms with Gasteiger partial charge in [-0.2, -0.15) is 5.10 Å². The van der Waals surface area contributed by atoms with E-state index in [4.69, 9.17) is 11.6 Å². The van der Waals surface area contributed by atoms with E-state index in [0.29, 0.717) is 28.5 Å². The van der Waals surface area contributed by atoms with Crippen LogP contribution >= 0.6 is 11.6 Å². The van der Waals surface area contributed by atoms with Crippen LogP contribution in [0.5, 0.6) is 0 Å². The highest BCUT2D eigenvalue weighted by Gasteiger charge is 2.12. The summed E-state index contributed by atoms with van der Waals surface area (Å²) in [6.07, 6.45) is 0. The van der Waals surface area contributed by atoms with Crippen LogP contribution < -0.4 is 5.32 Å². The zero-order valence-electron chi connectivity index (χ0n) is 14.9. The number of amides is 1. The first-order valence-corrected chi connectivity index (χ1v) is 8.62. The van der Waals surface area contributed by atoms with Crippen LogP contribution in [0.4, 0.5) is 5.82 Å². The Balaban J connectivity index is 1.69. The number of carbonyl (C=O) groups excluding carboxylic acids is 2. The maximum Gasteiger partial charge on any atom is 0.337 e. The Morgan fingerprint density at radius 2 is 1.70 bits per heavy atom. The smallest absolute Gasteiger partial charge is 0.337 e. The Hall–Kier alpha value is -3.12. The molecule has 0 unspecified atom stereocenters. The second-order valence-corrected chi connectivity index (χ2v) is 6.41. The van der Waals surface area contributed by atoms with Crippen LogP contribution in [0.3, 0.4) is 0 Å². The van der Waals surface area contributed by atoms with Gasteiger partial charge in [-0.25, -0.2) is 4.79 Å². The largest absolute Gasteiger partial charge is 0.465 e. The summed E-state index contributed by atoms with van der Waals surface area (Å²) in [5.74, 6) is -0.287. The summed E-state index contributed by atoms with van der Waals surface area (Å²) in [6, 6.07) is 15.6. The third-order valence-electron chi connectivity index (χ3n) is 4.04. The molecule has 0 aliphatic heterocycles. The fourth-order valence-electron chi connectivity index (χ4n) is 2.56. The molecule has 3 rings (SSSR count). The molecule has 0 fully saturated rings. The van der Waals surface area contributed by atoms with Gasteiger partial charge in [-0.1, -0.05) is 23.7 Å². The van der Waals surface area contributed by atoms with Crippen molar-refractivity contribution in [2.75, 3.05) is 12.4 Å². The lowest BCUT2D eigenvalue weighted by molar-refractivity contribution is 0.0600. The number of aromatic nitrogens is 2. The van der Waals surface area contributed by atoms with Gasteiger partial charge in [-0.3, -0.25) is 9.48 Å². The van der Waals surface area contributed by atoms with Gasteiger partial charge >= 0.3 is 5.97 Å². The second-order valence-electron chi connectivity index (χ2n) is 5.98. The first-order valence-electron chi connectivity index (χ1n) is 8.25. The molecular formula is C20H18ClN3O3. The van der Waals surface area contributed by atoms with Gasteiger partial charge in [0.15, 0.2) is 5.82 Å². The molecule has 1 aromatic heterocycles. The molecule has 7 heteroatoms. The van der Waals surface area contributed by atoms with Crippen molar-refractivity contribution in [2.45, 2.75) is 13.5 Å². The topological polar surface area (TPSA) is 73.2 Å². The number of ether oxygens (including phenoxy) is 1. The Morgan fingerprint density at radius 3 is 2.33 bits per heavy atom. The van der Waals surface area contributed by atoms with Crippen molar-refractivity contribution in [1.82, 2.24) is 9.78 Å². The molecule has 1 N–H and O–H groups in total. The Labute approximate surface area is 161 Å². The third-order valence-corrected chi connectivity index (χ3v) is 4.29. The number of halogens is 1. The predicted octanol–water partition coefficient (Wildman–Crippen LogP) is 3.93. The van der Waals surface area contributed by atoms with Gasteiger partial charge in [-0.15, -0.1) is 0 Å². The van der Waals surface area contributed by atoms with E-state index < -0.39 is 5.97 Å². The van der Waals surface area contributed by atoms with Gasteiger partial charge < -0.3 is 10.1 Å². The molecule has 0 radical (unpaired) electrons. The first kappa shape index (κ1) is 18.7. The summed E-state index contributed by atoms with van der Waals surface area (Å²) in [5, 5.41) is 7.88. The van der Waals surface area contributed by atoms with E-state index in [-0.39, 0.29) is 5.91 Å². The lowest BCUT2D eigenvalue weighted by Crippen LogP contribution is -2.13. The second kappa shape index (κ2) is 8.05. The van der Waals surface area contributed by atoms with Crippen LogP contribution in [-0.4, -0.2) is 28.8 Å². The lowest BCUT2D eigenvalue weighted by Gasteiger charge is -2.05. The Bertz CT molecular complexity index is 963. The number of aryl methyl sites for hydroxylation is 1. The van der Waals surface area contributed by atoms with Crippen LogP contribution in [0, 0.1) is 6.92 Å². The molecule has 138 valence electrons. The van der Waals surface area contributed by atoms with Gasteiger partial charge in [0.05, 0.1) is 19.2 Å². The fourth-order valence-corrected chi connectivity index (χ4v) is 2.68. The van der Waals surface area contributed by atoms with Gasteiger partial charge in [-0.05, 0) is 48.9 Å². The van der Waals surface area contributed by atoms with E-state index in [1.165, 1.54) is 7.11 Å². The molecule has 6 nitrogen and oxygen atoms in total. The molecule has 2 aromatic carbocycles. The molecule has 0 spiro atoms. The summed E-state index contributed by atoms with van der Waals surface area (Å²) in [4.78, 5) is 23.8. The minimum absolute atomic E-state index is 0.303. The van der Waals surface area contributed by atoms with Crippen molar-refractivity contribution in [3.8, 4) is 0 Å². The summed E-state index contributed by atoms with van der Waals surface area (Å²) in [6.45, 7) is 2.50. The highest BCUT2D eigenvalue weighted by atomic mass is 35.5. The van der Waals surface area contributed by atoms with Crippen molar-refractivity contribution < 1.29 is 14.3 Å². The predicted molar refractivity (Wildman–Crippen MR) is 103 cm³/mol. The molecule has 0 aliphatic rings. The molecule has 1 amide bonds. The molecule has 27 heavy (non-hydrogen) atoms. The highest BCUT2D eigenvalue weighted by molar-refractivity contribution is 6.30. The van der Waals surface area contributed by atoms with Gasteiger partial charge in [0.2, 0.25) is 0 Å². The summed E-state index contributed by atoms with van der Waals surface area (Å²) in [7, 11) is 1.31. The molecule has 0 saturated carbocycles. The molecule has 0 bridgehead atoms. The minimum atomic E-state index is -0.446. The maximum atomic E-state index is 12.4. The van der Waals surface area contributed by atoms with Crippen LogP contribution in [0.25, 0.3) is 0 Å². The van der Waals surface area contributed by atoms with E-state index in [1.807, 2.05) is 31.2 Å². The monoisotopic (exact) mass is 383 g/mol. The number of esters is 1. The van der Waals surface area contributed by atoms with Crippen molar-refractivity contribution >= 4 is 29.3 Å². The number of benzene rings is 2. The Kier molecular flexibility index (Phi) is 5.57. The third kappa shape index (κ3) is 4.54. The highest BCUT2D eigenvalue weighted by Crippen LogP contribution is 2.15. The number of anilines is 1. The van der Waals surface area contributed by atoms with Crippen LogP contribution in [0.2, 0.25) is 5.02 Å². The fraction of sp³-hybridized carbons (Fsp3) is 0.150. The molecule has 0 saturated heterocycles. The molecule has 0 atom stereocenters. The average Bonchev–Trinajstić information content (AvgIpc) is 3.01. The standard InChI is InChI=1S/C20H18ClN3O3/c1-13-11-18(23-24(13)12-14-3-9-17(21)10-4-14)22-19(25)15-5-7-16(8-6-15)20(26)27-2/h3-11H,12H2,1-2H3,(H,22,23,25). The van der Waals surface area contributed by atoms with E-state index >= 15 is 0 Å². The molecular weight excluding hydrogens is 366 g/mol.